The van der Waals surface area contributed by atoms with E-state index >= 15 is 0 Å². The summed E-state index contributed by atoms with van der Waals surface area (Å²) >= 11 is 9.90. The fraction of sp³-hybridized carbons (Fsp3) is 0.562. The van der Waals surface area contributed by atoms with Crippen LogP contribution in [0, 0.1) is 5.41 Å². The average molecular weight is 356 g/mol. The Morgan fingerprint density at radius 2 is 2.20 bits per heavy atom. The summed E-state index contributed by atoms with van der Waals surface area (Å²) in [6, 6.07) is 6.84. The van der Waals surface area contributed by atoms with Crippen molar-refractivity contribution < 1.29 is 0 Å². The lowest BCUT2D eigenvalue weighted by Crippen LogP contribution is -2.12. The molecule has 0 bridgehead atoms. The van der Waals surface area contributed by atoms with E-state index in [1.165, 1.54) is 24.8 Å². The molecule has 0 saturated heterocycles. The van der Waals surface area contributed by atoms with Gasteiger partial charge in [0.1, 0.15) is 5.82 Å². The molecule has 0 N–H and O–H groups in total. The van der Waals surface area contributed by atoms with Crippen molar-refractivity contribution in [2.24, 2.45) is 5.41 Å². The minimum Gasteiger partial charge on any atom is -0.324 e. The van der Waals surface area contributed by atoms with Crippen LogP contribution in [-0.2, 0) is 0 Å². The second-order valence-corrected chi connectivity index (χ2v) is 8.22. The molecular weight excluding hydrogens is 336 g/mol. The normalized spacial score (nSPS) is 23.4. The maximum absolute atomic E-state index is 6.37. The molecule has 1 aromatic carbocycles. The molecule has 1 aliphatic carbocycles. The van der Waals surface area contributed by atoms with E-state index in [0.717, 1.165) is 15.8 Å². The molecule has 1 fully saturated rings. The first-order valence-electron chi connectivity index (χ1n) is 7.19. The number of aromatic nitrogens is 2. The maximum Gasteiger partial charge on any atom is 0.127 e. The van der Waals surface area contributed by atoms with E-state index in [-0.39, 0.29) is 5.38 Å². The molecule has 0 spiro atoms. The molecule has 0 radical (unpaired) electrons. The van der Waals surface area contributed by atoms with E-state index in [1.807, 2.05) is 6.92 Å². The summed E-state index contributed by atoms with van der Waals surface area (Å²) in [4.78, 5) is 4.77. The van der Waals surface area contributed by atoms with Gasteiger partial charge in [-0.15, -0.1) is 11.6 Å². The van der Waals surface area contributed by atoms with E-state index in [0.29, 0.717) is 11.5 Å². The quantitative estimate of drug-likeness (QED) is 0.618. The lowest BCUT2D eigenvalue weighted by Gasteiger charge is -2.21. The molecule has 3 rings (SSSR count). The van der Waals surface area contributed by atoms with Crippen molar-refractivity contribution in [2.45, 2.75) is 51.5 Å². The van der Waals surface area contributed by atoms with Gasteiger partial charge in [-0.05, 0) is 49.8 Å². The first-order chi connectivity index (χ1) is 9.37. The third-order valence-corrected chi connectivity index (χ3v) is 5.03. The van der Waals surface area contributed by atoms with Crippen LogP contribution in [0.1, 0.15) is 57.3 Å². The molecule has 20 heavy (non-hydrogen) atoms. The van der Waals surface area contributed by atoms with Crippen LogP contribution in [0.25, 0.3) is 11.0 Å². The van der Waals surface area contributed by atoms with Gasteiger partial charge < -0.3 is 4.57 Å². The standard InChI is InChI=1S/C16H20BrClN2/c1-10(18)15-19-13-8-11(17)4-5-14(13)20(15)12-6-7-16(2,3)9-12/h4-5,8,10,12H,6-7,9H2,1-3H3. The van der Waals surface area contributed by atoms with Crippen LogP contribution in [0.5, 0.6) is 0 Å². The topological polar surface area (TPSA) is 17.8 Å². The summed E-state index contributed by atoms with van der Waals surface area (Å²) in [6.07, 6.45) is 3.68. The number of hydrogen-bond donors (Lipinski definition) is 0. The van der Waals surface area contributed by atoms with Crippen molar-refractivity contribution in [3.05, 3.63) is 28.5 Å². The molecular formula is C16H20BrClN2. The predicted octanol–water partition coefficient (Wildman–Crippen LogP) is 5.85. The second kappa shape index (κ2) is 5.03. The van der Waals surface area contributed by atoms with Gasteiger partial charge in [-0.25, -0.2) is 4.98 Å². The molecule has 4 heteroatoms. The van der Waals surface area contributed by atoms with Gasteiger partial charge in [-0.1, -0.05) is 29.8 Å². The van der Waals surface area contributed by atoms with Gasteiger partial charge in [-0.2, -0.15) is 0 Å². The summed E-state index contributed by atoms with van der Waals surface area (Å²) in [5.41, 5.74) is 2.66. The van der Waals surface area contributed by atoms with Gasteiger partial charge in [0.2, 0.25) is 0 Å². The van der Waals surface area contributed by atoms with Crippen molar-refractivity contribution in [3.8, 4) is 0 Å². The van der Waals surface area contributed by atoms with Crippen LogP contribution >= 0.6 is 27.5 Å². The van der Waals surface area contributed by atoms with E-state index < -0.39 is 0 Å². The van der Waals surface area contributed by atoms with Gasteiger partial charge in [0.15, 0.2) is 0 Å². The Labute approximate surface area is 133 Å². The molecule has 1 heterocycles. The molecule has 1 aromatic heterocycles. The number of nitrogens with zero attached hydrogens (tertiary/aromatic N) is 2. The molecule has 2 unspecified atom stereocenters. The van der Waals surface area contributed by atoms with Gasteiger partial charge in [0, 0.05) is 10.5 Å². The largest absolute Gasteiger partial charge is 0.324 e. The molecule has 2 aromatic rings. The first kappa shape index (κ1) is 14.4. The highest BCUT2D eigenvalue weighted by Gasteiger charge is 2.34. The molecule has 0 aliphatic heterocycles. The summed E-state index contributed by atoms with van der Waals surface area (Å²) in [6.45, 7) is 6.72. The van der Waals surface area contributed by atoms with Crippen LogP contribution < -0.4 is 0 Å². The van der Waals surface area contributed by atoms with Crippen LogP contribution in [0.4, 0.5) is 0 Å². The highest BCUT2D eigenvalue weighted by atomic mass is 79.9. The summed E-state index contributed by atoms with van der Waals surface area (Å²) < 4.78 is 3.45. The SMILES string of the molecule is CC(Cl)c1nc2cc(Br)ccc2n1C1CCC(C)(C)C1. The van der Waals surface area contributed by atoms with Gasteiger partial charge in [0.25, 0.3) is 0 Å². The minimum absolute atomic E-state index is 0.0649. The number of rotatable bonds is 2. The van der Waals surface area contributed by atoms with Gasteiger partial charge in [-0.3, -0.25) is 0 Å². The van der Waals surface area contributed by atoms with Crippen molar-refractivity contribution in [1.82, 2.24) is 9.55 Å². The predicted molar refractivity (Wildman–Crippen MR) is 88.4 cm³/mol. The number of imidazole rings is 1. The van der Waals surface area contributed by atoms with Gasteiger partial charge in [0.05, 0.1) is 16.4 Å². The minimum atomic E-state index is -0.0649. The number of alkyl halides is 1. The number of benzene rings is 1. The first-order valence-corrected chi connectivity index (χ1v) is 8.42. The van der Waals surface area contributed by atoms with E-state index in [1.54, 1.807) is 0 Å². The third kappa shape index (κ3) is 2.50. The number of halogens is 2. The van der Waals surface area contributed by atoms with Crippen molar-refractivity contribution in [1.29, 1.82) is 0 Å². The lowest BCUT2D eigenvalue weighted by molar-refractivity contribution is 0.358. The molecule has 1 aliphatic rings. The smallest absolute Gasteiger partial charge is 0.127 e. The van der Waals surface area contributed by atoms with Crippen LogP contribution in [0.2, 0.25) is 0 Å². The highest BCUT2D eigenvalue weighted by molar-refractivity contribution is 9.10. The van der Waals surface area contributed by atoms with Crippen molar-refractivity contribution in [3.63, 3.8) is 0 Å². The van der Waals surface area contributed by atoms with Crippen LogP contribution in [0.15, 0.2) is 22.7 Å². The second-order valence-electron chi connectivity index (χ2n) is 6.65. The van der Waals surface area contributed by atoms with E-state index in [9.17, 15) is 0 Å². The molecule has 2 atom stereocenters. The Balaban J connectivity index is 2.15. The fourth-order valence-corrected chi connectivity index (χ4v) is 3.88. The Kier molecular flexibility index (Phi) is 3.62. The van der Waals surface area contributed by atoms with Crippen molar-refractivity contribution in [2.75, 3.05) is 0 Å². The lowest BCUT2D eigenvalue weighted by atomic mass is 9.92. The zero-order valence-corrected chi connectivity index (χ0v) is 14.5. The molecule has 108 valence electrons. The fourth-order valence-electron chi connectivity index (χ4n) is 3.37. The highest BCUT2D eigenvalue weighted by Crippen LogP contribution is 2.45. The summed E-state index contributed by atoms with van der Waals surface area (Å²) in [5, 5.41) is -0.0649. The van der Waals surface area contributed by atoms with Gasteiger partial charge >= 0.3 is 0 Å². The molecule has 0 amide bonds. The number of fused-ring (bicyclic) bond motifs is 1. The molecule has 1 saturated carbocycles. The summed E-state index contributed by atoms with van der Waals surface area (Å²) in [5.74, 6) is 1.00. The Morgan fingerprint density at radius 3 is 2.80 bits per heavy atom. The maximum atomic E-state index is 6.37. The molecule has 2 nitrogen and oxygen atoms in total. The Morgan fingerprint density at radius 1 is 1.45 bits per heavy atom. The van der Waals surface area contributed by atoms with E-state index in [2.05, 4.69) is 52.5 Å². The number of hydrogen-bond acceptors (Lipinski definition) is 1. The van der Waals surface area contributed by atoms with Crippen LogP contribution in [0.3, 0.4) is 0 Å². The Bertz CT molecular complexity index is 645. The zero-order valence-electron chi connectivity index (χ0n) is 12.2. The average Bonchev–Trinajstić information content (AvgIpc) is 2.88. The monoisotopic (exact) mass is 354 g/mol. The third-order valence-electron chi connectivity index (χ3n) is 4.34. The van der Waals surface area contributed by atoms with Crippen molar-refractivity contribution >= 4 is 38.6 Å². The summed E-state index contributed by atoms with van der Waals surface area (Å²) in [7, 11) is 0. The van der Waals surface area contributed by atoms with E-state index in [4.69, 9.17) is 16.6 Å². The Hall–Kier alpha value is -0.540. The van der Waals surface area contributed by atoms with Crippen LogP contribution in [-0.4, -0.2) is 9.55 Å². The zero-order chi connectivity index (χ0) is 14.5.